The molecule has 0 bridgehead atoms. The first-order valence-electron chi connectivity index (χ1n) is 5.55. The van der Waals surface area contributed by atoms with Gasteiger partial charge in [0.05, 0.1) is 10.9 Å². The molecule has 1 aliphatic heterocycles. The Balaban J connectivity index is 1.99. The lowest BCUT2D eigenvalue weighted by atomic mass is 10.1. The Morgan fingerprint density at radius 3 is 3.12 bits per heavy atom. The zero-order chi connectivity index (χ0) is 11.0. The van der Waals surface area contributed by atoms with Crippen molar-refractivity contribution in [2.24, 2.45) is 0 Å². The second-order valence-corrected chi connectivity index (χ2v) is 5.37. The molecule has 16 heavy (non-hydrogen) atoms. The van der Waals surface area contributed by atoms with Crippen molar-refractivity contribution in [1.29, 1.82) is 0 Å². The smallest absolute Gasteiger partial charge is 0.0792 e. The van der Waals surface area contributed by atoms with Gasteiger partial charge in [0.2, 0.25) is 0 Å². The van der Waals surface area contributed by atoms with Crippen LogP contribution in [0.2, 0.25) is 0 Å². The highest BCUT2D eigenvalue weighted by Gasteiger charge is 2.22. The van der Waals surface area contributed by atoms with E-state index in [1.165, 1.54) is 16.7 Å². The van der Waals surface area contributed by atoms with Gasteiger partial charge in [0.15, 0.2) is 0 Å². The Kier molecular flexibility index (Phi) is 2.58. The number of hydrogen-bond acceptors (Lipinski definition) is 3. The fourth-order valence-electron chi connectivity index (χ4n) is 2.04. The van der Waals surface area contributed by atoms with Crippen LogP contribution >= 0.6 is 11.8 Å². The van der Waals surface area contributed by atoms with Crippen molar-refractivity contribution in [3.05, 3.63) is 42.1 Å². The Morgan fingerprint density at radius 1 is 1.38 bits per heavy atom. The quantitative estimate of drug-likeness (QED) is 0.815. The van der Waals surface area contributed by atoms with Gasteiger partial charge in [-0.25, -0.2) is 0 Å². The highest BCUT2D eigenvalue weighted by molar-refractivity contribution is 7.99. The monoisotopic (exact) mass is 230 g/mol. The van der Waals surface area contributed by atoms with E-state index in [4.69, 9.17) is 0 Å². The molecule has 3 heteroatoms. The molecule has 3 rings (SSSR count). The number of rotatable bonds is 1. The number of aromatic nitrogens is 1. The Bertz CT molecular complexity index is 512. The van der Waals surface area contributed by atoms with E-state index in [0.717, 1.165) is 5.52 Å². The minimum atomic E-state index is 0.444. The molecular weight excluding hydrogens is 216 g/mol. The number of benzene rings is 1. The number of thioether (sulfide) groups is 1. The number of fused-ring (bicyclic) bond motifs is 1. The van der Waals surface area contributed by atoms with E-state index in [2.05, 4.69) is 41.5 Å². The van der Waals surface area contributed by atoms with Crippen molar-refractivity contribution in [2.75, 3.05) is 5.75 Å². The van der Waals surface area contributed by atoms with Gasteiger partial charge in [-0.05, 0) is 30.7 Å². The van der Waals surface area contributed by atoms with Gasteiger partial charge in [-0.3, -0.25) is 10.3 Å². The van der Waals surface area contributed by atoms with Crippen molar-refractivity contribution >= 4 is 22.7 Å². The fourth-order valence-corrected chi connectivity index (χ4v) is 3.29. The first-order valence-corrected chi connectivity index (χ1v) is 6.60. The summed E-state index contributed by atoms with van der Waals surface area (Å²) < 4.78 is 0. The molecule has 1 aromatic carbocycles. The van der Waals surface area contributed by atoms with Gasteiger partial charge in [-0.1, -0.05) is 12.1 Å². The van der Waals surface area contributed by atoms with Gasteiger partial charge in [0.1, 0.15) is 0 Å². The summed E-state index contributed by atoms with van der Waals surface area (Å²) in [5.74, 6) is 1.19. The van der Waals surface area contributed by atoms with E-state index >= 15 is 0 Å². The minimum absolute atomic E-state index is 0.444. The van der Waals surface area contributed by atoms with Crippen molar-refractivity contribution < 1.29 is 0 Å². The van der Waals surface area contributed by atoms with E-state index in [9.17, 15) is 0 Å². The standard InChI is InChI=1S/C13H14N2S/c1-9-8-16-13(15-9)11-4-5-12-10(7-11)3-2-6-14-12/h2-7,9,13,15H,8H2,1H3. The van der Waals surface area contributed by atoms with Crippen molar-refractivity contribution in [1.82, 2.24) is 10.3 Å². The van der Waals surface area contributed by atoms with Crippen LogP contribution in [0.1, 0.15) is 17.9 Å². The van der Waals surface area contributed by atoms with Crippen molar-refractivity contribution in [2.45, 2.75) is 18.3 Å². The molecule has 1 fully saturated rings. The van der Waals surface area contributed by atoms with Crippen LogP contribution < -0.4 is 5.32 Å². The van der Waals surface area contributed by atoms with Gasteiger partial charge in [-0.15, -0.1) is 11.8 Å². The summed E-state index contributed by atoms with van der Waals surface area (Å²) >= 11 is 1.98. The summed E-state index contributed by atoms with van der Waals surface area (Å²) in [6.07, 6.45) is 1.84. The van der Waals surface area contributed by atoms with E-state index in [1.54, 1.807) is 0 Å². The van der Waals surface area contributed by atoms with E-state index in [0.29, 0.717) is 11.4 Å². The SMILES string of the molecule is CC1CSC(c2ccc3ncccc3c2)N1. The van der Waals surface area contributed by atoms with Crippen LogP contribution in [0, 0.1) is 0 Å². The first kappa shape index (κ1) is 10.1. The molecule has 2 aromatic rings. The first-order chi connectivity index (χ1) is 7.83. The van der Waals surface area contributed by atoms with Crippen LogP contribution in [-0.2, 0) is 0 Å². The maximum absolute atomic E-state index is 4.34. The average molecular weight is 230 g/mol. The van der Waals surface area contributed by atoms with Crippen LogP contribution in [0.3, 0.4) is 0 Å². The fraction of sp³-hybridized carbons (Fsp3) is 0.308. The summed E-state index contributed by atoms with van der Waals surface area (Å²) in [5.41, 5.74) is 2.43. The molecule has 2 atom stereocenters. The molecule has 0 aliphatic carbocycles. The number of pyridine rings is 1. The minimum Gasteiger partial charge on any atom is -0.298 e. The summed E-state index contributed by atoms with van der Waals surface area (Å²) in [6, 6.07) is 11.2. The lowest BCUT2D eigenvalue weighted by Crippen LogP contribution is -2.21. The van der Waals surface area contributed by atoms with E-state index in [-0.39, 0.29) is 0 Å². The zero-order valence-corrected chi connectivity index (χ0v) is 10.00. The summed E-state index contributed by atoms with van der Waals surface area (Å²) in [5, 5.41) is 5.25. The van der Waals surface area contributed by atoms with Crippen LogP contribution in [0.4, 0.5) is 0 Å². The normalized spacial score (nSPS) is 25.1. The molecule has 0 saturated carbocycles. The summed E-state index contributed by atoms with van der Waals surface area (Å²) in [4.78, 5) is 4.34. The lowest BCUT2D eigenvalue weighted by molar-refractivity contribution is 0.618. The van der Waals surface area contributed by atoms with Crippen molar-refractivity contribution in [3.8, 4) is 0 Å². The second-order valence-electron chi connectivity index (χ2n) is 4.24. The van der Waals surface area contributed by atoms with Gasteiger partial charge < -0.3 is 0 Å². The number of nitrogens with zero attached hydrogens (tertiary/aromatic N) is 1. The van der Waals surface area contributed by atoms with Crippen molar-refractivity contribution in [3.63, 3.8) is 0 Å². The third kappa shape index (κ3) is 1.81. The van der Waals surface area contributed by atoms with Crippen LogP contribution in [-0.4, -0.2) is 16.8 Å². The average Bonchev–Trinajstić information content (AvgIpc) is 2.75. The molecule has 1 saturated heterocycles. The predicted molar refractivity (Wildman–Crippen MR) is 69.5 cm³/mol. The molecule has 2 unspecified atom stereocenters. The van der Waals surface area contributed by atoms with Gasteiger partial charge >= 0.3 is 0 Å². The number of nitrogens with one attached hydrogen (secondary N) is 1. The molecule has 1 N–H and O–H groups in total. The molecule has 0 amide bonds. The molecule has 0 radical (unpaired) electrons. The second kappa shape index (κ2) is 4.07. The Hall–Kier alpha value is -1.06. The molecule has 1 aromatic heterocycles. The molecule has 82 valence electrons. The zero-order valence-electron chi connectivity index (χ0n) is 9.18. The highest BCUT2D eigenvalue weighted by Crippen LogP contribution is 2.33. The van der Waals surface area contributed by atoms with Gasteiger partial charge in [0.25, 0.3) is 0 Å². The Morgan fingerprint density at radius 2 is 2.31 bits per heavy atom. The van der Waals surface area contributed by atoms with Crippen LogP contribution in [0.15, 0.2) is 36.5 Å². The van der Waals surface area contributed by atoms with Crippen LogP contribution in [0.25, 0.3) is 10.9 Å². The number of hydrogen-bond donors (Lipinski definition) is 1. The Labute approximate surface area is 99.5 Å². The van der Waals surface area contributed by atoms with E-state index < -0.39 is 0 Å². The summed E-state index contributed by atoms with van der Waals surface area (Å²) in [6.45, 7) is 2.23. The van der Waals surface area contributed by atoms with Crippen LogP contribution in [0.5, 0.6) is 0 Å². The van der Waals surface area contributed by atoms with E-state index in [1.807, 2.05) is 24.0 Å². The molecule has 2 nitrogen and oxygen atoms in total. The lowest BCUT2D eigenvalue weighted by Gasteiger charge is -2.11. The van der Waals surface area contributed by atoms with Gasteiger partial charge in [-0.2, -0.15) is 0 Å². The maximum Gasteiger partial charge on any atom is 0.0792 e. The molecule has 0 spiro atoms. The largest absolute Gasteiger partial charge is 0.298 e. The highest BCUT2D eigenvalue weighted by atomic mass is 32.2. The third-order valence-electron chi connectivity index (χ3n) is 2.88. The van der Waals surface area contributed by atoms with Gasteiger partial charge in [0, 0.05) is 23.4 Å². The topological polar surface area (TPSA) is 24.9 Å². The molecule has 2 heterocycles. The summed E-state index contributed by atoms with van der Waals surface area (Å²) in [7, 11) is 0. The maximum atomic E-state index is 4.34. The predicted octanol–water partition coefficient (Wildman–Crippen LogP) is 2.96. The third-order valence-corrected chi connectivity index (χ3v) is 4.31. The molecule has 1 aliphatic rings. The molecular formula is C13H14N2S.